The molecule has 2 saturated heterocycles. The molecular formula is C13H24N2O3. The molecule has 2 aliphatic rings. The Labute approximate surface area is 108 Å². The molecule has 0 bridgehead atoms. The van der Waals surface area contributed by atoms with Gasteiger partial charge in [0, 0.05) is 19.2 Å². The molecule has 5 nitrogen and oxygen atoms in total. The molecule has 2 rings (SSSR count). The normalized spacial score (nSPS) is 30.2. The number of hydrogen-bond acceptors (Lipinski definition) is 3. The average molecular weight is 256 g/mol. The van der Waals surface area contributed by atoms with Crippen LogP contribution < -0.4 is 5.32 Å². The molecule has 2 aliphatic heterocycles. The molecule has 0 aromatic heterocycles. The molecule has 0 aromatic rings. The number of ether oxygens (including phenoxy) is 1. The van der Waals surface area contributed by atoms with Gasteiger partial charge in [-0.15, -0.1) is 0 Å². The van der Waals surface area contributed by atoms with Gasteiger partial charge >= 0.3 is 6.03 Å². The number of piperidine rings is 1. The highest BCUT2D eigenvalue weighted by Gasteiger charge is 2.29. The summed E-state index contributed by atoms with van der Waals surface area (Å²) in [6.45, 7) is 3.95. The van der Waals surface area contributed by atoms with E-state index in [4.69, 9.17) is 4.74 Å². The Morgan fingerprint density at radius 1 is 1.50 bits per heavy atom. The summed E-state index contributed by atoms with van der Waals surface area (Å²) in [6, 6.07) is 0.351. The molecule has 5 heteroatoms. The Hall–Kier alpha value is -0.810. The summed E-state index contributed by atoms with van der Waals surface area (Å²) in [5.41, 5.74) is 0. The van der Waals surface area contributed by atoms with Crippen molar-refractivity contribution in [1.29, 1.82) is 0 Å². The van der Waals surface area contributed by atoms with Crippen LogP contribution in [0.4, 0.5) is 4.79 Å². The van der Waals surface area contributed by atoms with Gasteiger partial charge in [0.1, 0.15) is 0 Å². The third kappa shape index (κ3) is 3.59. The molecule has 104 valence electrons. The average Bonchev–Trinajstić information content (AvgIpc) is 2.81. The van der Waals surface area contributed by atoms with Crippen LogP contribution in [0.5, 0.6) is 0 Å². The number of nitrogens with one attached hydrogen (secondary N) is 1. The van der Waals surface area contributed by atoms with Crippen LogP contribution in [0.2, 0.25) is 0 Å². The zero-order valence-electron chi connectivity index (χ0n) is 11.1. The van der Waals surface area contributed by atoms with E-state index in [2.05, 4.69) is 5.32 Å². The topological polar surface area (TPSA) is 61.8 Å². The minimum Gasteiger partial charge on any atom is -0.393 e. The molecule has 0 spiro atoms. The summed E-state index contributed by atoms with van der Waals surface area (Å²) < 4.78 is 5.26. The highest BCUT2D eigenvalue weighted by atomic mass is 16.5. The lowest BCUT2D eigenvalue weighted by Crippen LogP contribution is -2.52. The largest absolute Gasteiger partial charge is 0.393 e. The number of rotatable bonds is 3. The van der Waals surface area contributed by atoms with E-state index in [1.54, 1.807) is 6.92 Å². The first kappa shape index (κ1) is 13.6. The Bertz CT molecular complexity index is 277. The van der Waals surface area contributed by atoms with Crippen molar-refractivity contribution in [3.05, 3.63) is 0 Å². The second kappa shape index (κ2) is 6.38. The predicted molar refractivity (Wildman–Crippen MR) is 68.4 cm³/mol. The maximum Gasteiger partial charge on any atom is 0.317 e. The number of carbonyl (C=O) groups excluding carboxylic acids is 1. The molecule has 2 amide bonds. The number of hydrogen-bond donors (Lipinski definition) is 2. The lowest BCUT2D eigenvalue weighted by atomic mass is 9.97. The van der Waals surface area contributed by atoms with Crippen molar-refractivity contribution in [2.45, 2.75) is 57.2 Å². The van der Waals surface area contributed by atoms with E-state index in [9.17, 15) is 9.90 Å². The van der Waals surface area contributed by atoms with Crippen LogP contribution >= 0.6 is 0 Å². The maximum atomic E-state index is 12.2. The molecule has 18 heavy (non-hydrogen) atoms. The zero-order valence-corrected chi connectivity index (χ0v) is 11.1. The van der Waals surface area contributed by atoms with Crippen molar-refractivity contribution in [2.24, 2.45) is 0 Å². The predicted octanol–water partition coefficient (Wildman–Crippen LogP) is 1.11. The number of urea groups is 1. The molecule has 2 heterocycles. The van der Waals surface area contributed by atoms with Gasteiger partial charge in [-0.1, -0.05) is 0 Å². The van der Waals surface area contributed by atoms with Crippen LogP contribution in [0.25, 0.3) is 0 Å². The molecular weight excluding hydrogens is 232 g/mol. The molecule has 3 atom stereocenters. The van der Waals surface area contributed by atoms with Crippen LogP contribution in [0.1, 0.15) is 39.0 Å². The third-order valence-electron chi connectivity index (χ3n) is 3.76. The van der Waals surface area contributed by atoms with E-state index in [-0.39, 0.29) is 24.2 Å². The van der Waals surface area contributed by atoms with Crippen LogP contribution in [0.3, 0.4) is 0 Å². The van der Waals surface area contributed by atoms with Crippen molar-refractivity contribution in [3.8, 4) is 0 Å². The SMILES string of the molecule is CC(O)CC1CCCCN1C(=O)NC1CCOC1. The van der Waals surface area contributed by atoms with E-state index in [0.717, 1.165) is 38.8 Å². The van der Waals surface area contributed by atoms with Gasteiger partial charge in [0.15, 0.2) is 0 Å². The molecule has 3 unspecified atom stereocenters. The van der Waals surface area contributed by atoms with Crippen LogP contribution in [0, 0.1) is 0 Å². The fourth-order valence-electron chi connectivity index (χ4n) is 2.81. The van der Waals surface area contributed by atoms with Crippen molar-refractivity contribution < 1.29 is 14.6 Å². The Kier molecular flexibility index (Phi) is 4.83. The van der Waals surface area contributed by atoms with E-state index in [1.807, 2.05) is 4.90 Å². The third-order valence-corrected chi connectivity index (χ3v) is 3.76. The summed E-state index contributed by atoms with van der Waals surface area (Å²) >= 11 is 0. The number of aliphatic hydroxyl groups excluding tert-OH is 1. The Morgan fingerprint density at radius 3 is 3.00 bits per heavy atom. The molecule has 0 radical (unpaired) electrons. The van der Waals surface area contributed by atoms with E-state index in [1.165, 1.54) is 0 Å². The van der Waals surface area contributed by atoms with Gasteiger partial charge in [-0.05, 0) is 39.0 Å². The monoisotopic (exact) mass is 256 g/mol. The smallest absolute Gasteiger partial charge is 0.317 e. The summed E-state index contributed by atoms with van der Waals surface area (Å²) in [5.74, 6) is 0. The summed E-state index contributed by atoms with van der Waals surface area (Å²) in [7, 11) is 0. The van der Waals surface area contributed by atoms with E-state index in [0.29, 0.717) is 13.0 Å². The first-order valence-electron chi connectivity index (χ1n) is 6.99. The Morgan fingerprint density at radius 2 is 2.33 bits per heavy atom. The molecule has 2 N–H and O–H groups in total. The van der Waals surface area contributed by atoms with Crippen LogP contribution in [-0.4, -0.2) is 54.0 Å². The van der Waals surface area contributed by atoms with Gasteiger partial charge in [-0.25, -0.2) is 4.79 Å². The first-order chi connectivity index (χ1) is 8.66. The van der Waals surface area contributed by atoms with Crippen molar-refractivity contribution in [1.82, 2.24) is 10.2 Å². The van der Waals surface area contributed by atoms with Gasteiger partial charge in [-0.2, -0.15) is 0 Å². The van der Waals surface area contributed by atoms with Gasteiger partial charge in [-0.3, -0.25) is 0 Å². The van der Waals surface area contributed by atoms with Crippen LogP contribution in [-0.2, 0) is 4.74 Å². The number of carbonyl (C=O) groups is 1. The molecule has 0 saturated carbocycles. The number of aliphatic hydroxyl groups is 1. The lowest BCUT2D eigenvalue weighted by molar-refractivity contribution is 0.100. The lowest BCUT2D eigenvalue weighted by Gasteiger charge is -2.37. The standard InChI is InChI=1S/C13H24N2O3/c1-10(16)8-12-4-2-3-6-15(12)13(17)14-11-5-7-18-9-11/h10-12,16H,2-9H2,1H3,(H,14,17). The second-order valence-electron chi connectivity index (χ2n) is 5.44. The van der Waals surface area contributed by atoms with E-state index < -0.39 is 0 Å². The quantitative estimate of drug-likeness (QED) is 0.795. The minimum atomic E-state index is -0.349. The molecule has 0 aliphatic carbocycles. The minimum absolute atomic E-state index is 0.0100. The fourth-order valence-corrected chi connectivity index (χ4v) is 2.81. The van der Waals surface area contributed by atoms with Crippen molar-refractivity contribution >= 4 is 6.03 Å². The van der Waals surface area contributed by atoms with Gasteiger partial charge < -0.3 is 20.1 Å². The highest BCUT2D eigenvalue weighted by molar-refractivity contribution is 5.75. The number of amides is 2. The second-order valence-corrected chi connectivity index (χ2v) is 5.44. The number of nitrogens with zero attached hydrogens (tertiary/aromatic N) is 1. The Balaban J connectivity index is 1.88. The van der Waals surface area contributed by atoms with Crippen LogP contribution in [0.15, 0.2) is 0 Å². The molecule has 0 aromatic carbocycles. The van der Waals surface area contributed by atoms with Crippen molar-refractivity contribution in [3.63, 3.8) is 0 Å². The maximum absolute atomic E-state index is 12.2. The van der Waals surface area contributed by atoms with Crippen molar-refractivity contribution in [2.75, 3.05) is 19.8 Å². The summed E-state index contributed by atoms with van der Waals surface area (Å²) in [4.78, 5) is 14.1. The summed E-state index contributed by atoms with van der Waals surface area (Å²) in [6.07, 6.45) is 4.44. The van der Waals surface area contributed by atoms with Gasteiger partial charge in [0.05, 0.1) is 18.8 Å². The highest BCUT2D eigenvalue weighted by Crippen LogP contribution is 2.21. The first-order valence-corrected chi connectivity index (χ1v) is 6.99. The van der Waals surface area contributed by atoms with Gasteiger partial charge in [0.2, 0.25) is 0 Å². The zero-order chi connectivity index (χ0) is 13.0. The van der Waals surface area contributed by atoms with E-state index >= 15 is 0 Å². The number of likely N-dealkylation sites (tertiary alicyclic amines) is 1. The molecule has 2 fully saturated rings. The fraction of sp³-hybridized carbons (Fsp3) is 0.923. The van der Waals surface area contributed by atoms with Gasteiger partial charge in [0.25, 0.3) is 0 Å². The summed E-state index contributed by atoms with van der Waals surface area (Å²) in [5, 5.41) is 12.5.